The number of carbonyl (C=O) groups is 5. The van der Waals surface area contributed by atoms with Crippen molar-refractivity contribution in [2.45, 2.75) is 24.4 Å². The summed E-state index contributed by atoms with van der Waals surface area (Å²) in [7, 11) is 0. The van der Waals surface area contributed by atoms with E-state index < -0.39 is 47.3 Å². The number of rotatable bonds is 6. The summed E-state index contributed by atoms with van der Waals surface area (Å²) in [6.45, 7) is 2.12. The van der Waals surface area contributed by atoms with Crippen LogP contribution in [-0.2, 0) is 19.1 Å². The van der Waals surface area contributed by atoms with Crippen molar-refractivity contribution in [2.75, 3.05) is 25.4 Å². The predicted octanol–water partition coefficient (Wildman–Crippen LogP) is 0.833. The minimum atomic E-state index is -1.21. The van der Waals surface area contributed by atoms with Crippen LogP contribution < -0.4 is 10.6 Å². The Labute approximate surface area is 221 Å². The lowest BCUT2D eigenvalue weighted by molar-refractivity contribution is -0.151. The van der Waals surface area contributed by atoms with E-state index in [2.05, 4.69) is 15.7 Å². The van der Waals surface area contributed by atoms with Crippen molar-refractivity contribution in [1.29, 1.82) is 0 Å². The molecule has 3 N–H and O–H groups in total. The highest BCUT2D eigenvalue weighted by Gasteiger charge is 2.54. The van der Waals surface area contributed by atoms with Crippen LogP contribution in [0.3, 0.4) is 0 Å². The van der Waals surface area contributed by atoms with Crippen molar-refractivity contribution in [1.82, 2.24) is 25.4 Å². The molecule has 2 fully saturated rings. The average molecular weight is 541 g/mol. The molecule has 1 aromatic rings. The molecule has 0 radical (unpaired) electrons. The van der Waals surface area contributed by atoms with Gasteiger partial charge in [0.05, 0.1) is 19.4 Å². The Morgan fingerprint density at radius 3 is 2.63 bits per heavy atom. The Balaban J connectivity index is 1.30. The molecule has 4 aliphatic heterocycles. The fourth-order valence-electron chi connectivity index (χ4n) is 4.49. The van der Waals surface area contributed by atoms with E-state index in [0.717, 1.165) is 9.91 Å². The molecule has 1 aromatic carbocycles. The average Bonchev–Trinajstić information content (AvgIpc) is 3.55. The van der Waals surface area contributed by atoms with Crippen LogP contribution in [0, 0.1) is 0 Å². The molecule has 2 saturated heterocycles. The summed E-state index contributed by atoms with van der Waals surface area (Å²) in [6, 6.07) is 4.80. The molecule has 5 rings (SSSR count). The number of urea groups is 2. The van der Waals surface area contributed by atoms with Crippen LogP contribution in [0.2, 0.25) is 0 Å². The highest BCUT2D eigenvalue weighted by molar-refractivity contribution is 8.00. The topological polar surface area (TPSA) is 161 Å². The number of hydrogen-bond acceptors (Lipinski definition) is 8. The van der Waals surface area contributed by atoms with Gasteiger partial charge in [0.25, 0.3) is 5.91 Å². The van der Waals surface area contributed by atoms with Gasteiger partial charge in [-0.1, -0.05) is 30.3 Å². The number of hydrazone groups is 1. The molecule has 3 atom stereocenters. The van der Waals surface area contributed by atoms with Gasteiger partial charge in [-0.2, -0.15) is 5.10 Å². The second-order valence-corrected chi connectivity index (χ2v) is 9.99. The number of nitrogens with zero attached hydrogens (tertiary/aromatic N) is 4. The highest BCUT2D eigenvalue weighted by atomic mass is 32.2. The zero-order chi connectivity index (χ0) is 27.0. The van der Waals surface area contributed by atoms with Crippen LogP contribution in [0.15, 0.2) is 59.0 Å². The second-order valence-electron chi connectivity index (χ2n) is 8.89. The first-order valence-corrected chi connectivity index (χ1v) is 12.8. The van der Waals surface area contributed by atoms with Crippen molar-refractivity contribution < 1.29 is 33.8 Å². The number of carbonyl (C=O) groups excluding carboxylic acids is 4. The van der Waals surface area contributed by atoms with Gasteiger partial charge in [-0.25, -0.2) is 24.3 Å². The molecule has 0 spiro atoms. The van der Waals surface area contributed by atoms with Gasteiger partial charge < -0.3 is 20.5 Å². The van der Waals surface area contributed by atoms with Gasteiger partial charge in [0.1, 0.15) is 35.5 Å². The minimum absolute atomic E-state index is 0.0631. The predicted molar refractivity (Wildman–Crippen MR) is 134 cm³/mol. The van der Waals surface area contributed by atoms with Crippen LogP contribution >= 0.6 is 11.8 Å². The highest BCUT2D eigenvalue weighted by Crippen LogP contribution is 2.40. The third-order valence-corrected chi connectivity index (χ3v) is 7.82. The van der Waals surface area contributed by atoms with Crippen molar-refractivity contribution in [3.8, 4) is 0 Å². The monoisotopic (exact) mass is 540 g/mol. The van der Waals surface area contributed by atoms with Gasteiger partial charge in [-0.3, -0.25) is 14.5 Å². The number of β-lactam (4-membered cyclic amide) rings is 1. The van der Waals surface area contributed by atoms with Gasteiger partial charge in [0.2, 0.25) is 5.91 Å². The van der Waals surface area contributed by atoms with E-state index in [4.69, 9.17) is 4.74 Å². The maximum Gasteiger partial charge on any atom is 0.352 e. The van der Waals surface area contributed by atoms with Crippen molar-refractivity contribution in [3.63, 3.8) is 0 Å². The Morgan fingerprint density at radius 1 is 1.18 bits per heavy atom. The number of imide groups is 1. The van der Waals surface area contributed by atoms with E-state index in [0.29, 0.717) is 22.6 Å². The number of amides is 6. The summed E-state index contributed by atoms with van der Waals surface area (Å²) in [5, 5.41) is 19.6. The van der Waals surface area contributed by atoms with E-state index >= 15 is 0 Å². The van der Waals surface area contributed by atoms with Crippen LogP contribution in [0.4, 0.5) is 9.59 Å². The van der Waals surface area contributed by atoms with Crippen LogP contribution in [0.5, 0.6) is 0 Å². The Bertz CT molecular complexity index is 1300. The lowest BCUT2D eigenvalue weighted by Gasteiger charge is -2.49. The second kappa shape index (κ2) is 10.2. The molecular formula is C24H24N6O7S. The van der Waals surface area contributed by atoms with E-state index in [1.807, 2.05) is 0 Å². The number of carboxylic acid groups (broad SMARTS) is 1. The summed E-state index contributed by atoms with van der Waals surface area (Å²) >= 11 is 1.35. The Morgan fingerprint density at radius 2 is 1.95 bits per heavy atom. The summed E-state index contributed by atoms with van der Waals surface area (Å²) < 4.78 is 5.07. The third kappa shape index (κ3) is 4.58. The SMILES string of the molecule is CC1=C(C(=O)O)N2C(=O)C(NC(=O)C(NC(=O)N3CCN(N=C4C=COC4)C3=O)c3ccccc3)[C@@H]2SC1. The van der Waals surface area contributed by atoms with E-state index in [1.54, 1.807) is 43.3 Å². The zero-order valence-corrected chi connectivity index (χ0v) is 21.0. The van der Waals surface area contributed by atoms with Gasteiger partial charge in [0.15, 0.2) is 0 Å². The van der Waals surface area contributed by atoms with Crippen LogP contribution in [0.1, 0.15) is 18.5 Å². The zero-order valence-electron chi connectivity index (χ0n) is 20.2. The summed E-state index contributed by atoms with van der Waals surface area (Å²) in [5.74, 6) is -2.00. The molecule has 0 aromatic heterocycles. The molecule has 2 unspecified atom stereocenters. The molecule has 198 valence electrons. The fraction of sp³-hybridized carbons (Fsp3) is 0.333. The standard InChI is InChI=1S/C24H24N6O7S/c1-13-12-38-21-17(20(32)30(21)18(13)22(33)34)25-19(31)16(14-5-3-2-4-6-14)26-23(35)28-8-9-29(24(28)36)27-15-7-10-37-11-15/h2-7,10,16-17,21H,8-9,11-12H2,1H3,(H,25,31)(H,26,35)(H,33,34)/t16?,17?,21-/m0/s1. The Kier molecular flexibility index (Phi) is 6.80. The fourth-order valence-corrected chi connectivity index (χ4v) is 5.78. The number of benzene rings is 1. The number of fused-ring (bicyclic) bond motifs is 1. The quantitative estimate of drug-likeness (QED) is 0.447. The number of nitrogens with one attached hydrogen (secondary N) is 2. The van der Waals surface area contributed by atoms with Crippen LogP contribution in [-0.4, -0.2) is 92.3 Å². The van der Waals surface area contributed by atoms with E-state index in [-0.39, 0.29) is 25.4 Å². The molecule has 0 saturated carbocycles. The maximum atomic E-state index is 13.4. The number of hydrogen-bond donors (Lipinski definition) is 3. The largest absolute Gasteiger partial charge is 0.495 e. The molecule has 14 heteroatoms. The van der Waals surface area contributed by atoms with Crippen molar-refractivity contribution in [3.05, 3.63) is 59.5 Å². The smallest absolute Gasteiger partial charge is 0.352 e. The number of carboxylic acids is 1. The summed E-state index contributed by atoms with van der Waals surface area (Å²) in [6.07, 6.45) is 3.08. The Hall–Kier alpha value is -4.33. The molecule has 0 bridgehead atoms. The van der Waals surface area contributed by atoms with E-state index in [9.17, 15) is 29.1 Å². The molecule has 0 aliphatic carbocycles. The third-order valence-electron chi connectivity index (χ3n) is 6.39. The van der Waals surface area contributed by atoms with Gasteiger partial charge in [0, 0.05) is 5.75 Å². The molecule has 6 amide bonds. The van der Waals surface area contributed by atoms with Gasteiger partial charge in [-0.15, -0.1) is 11.8 Å². The minimum Gasteiger partial charge on any atom is -0.495 e. The number of thioether (sulfide) groups is 1. The van der Waals surface area contributed by atoms with Gasteiger partial charge in [-0.05, 0) is 24.1 Å². The lowest BCUT2D eigenvalue weighted by Crippen LogP contribution is -2.71. The molecule has 13 nitrogen and oxygen atoms in total. The van der Waals surface area contributed by atoms with E-state index in [1.165, 1.54) is 22.9 Å². The van der Waals surface area contributed by atoms with Crippen molar-refractivity contribution >= 4 is 47.3 Å². The van der Waals surface area contributed by atoms with Crippen LogP contribution in [0.25, 0.3) is 0 Å². The summed E-state index contributed by atoms with van der Waals surface area (Å²) in [4.78, 5) is 65.9. The number of ether oxygens (including phenoxy) is 1. The first kappa shape index (κ1) is 25.3. The first-order chi connectivity index (χ1) is 18.3. The van der Waals surface area contributed by atoms with Gasteiger partial charge >= 0.3 is 18.0 Å². The molecule has 4 heterocycles. The maximum absolute atomic E-state index is 13.4. The lowest BCUT2D eigenvalue weighted by atomic mass is 10.0. The molecule has 4 aliphatic rings. The number of aliphatic carboxylic acids is 1. The normalized spacial score (nSPS) is 24.2. The first-order valence-electron chi connectivity index (χ1n) is 11.7. The molecule has 38 heavy (non-hydrogen) atoms. The van der Waals surface area contributed by atoms with Crippen molar-refractivity contribution in [2.24, 2.45) is 5.10 Å². The molecular weight excluding hydrogens is 516 g/mol. The summed E-state index contributed by atoms with van der Waals surface area (Å²) in [5.41, 5.74) is 1.48.